The molecule has 0 fully saturated rings. The number of benzene rings is 3. The number of hydrogen-bond donors (Lipinski definition) is 6. The van der Waals surface area contributed by atoms with E-state index in [0.717, 1.165) is 32.8 Å². The molecule has 34 heavy (non-hydrogen) atoms. The third-order valence-corrected chi connectivity index (χ3v) is 6.33. The van der Waals surface area contributed by atoms with Crippen molar-refractivity contribution in [3.05, 3.63) is 76.9 Å². The highest BCUT2D eigenvalue weighted by molar-refractivity contribution is 7.82. The zero-order valence-corrected chi connectivity index (χ0v) is 22.2. The Hall–Kier alpha value is -2.43. The Morgan fingerprint density at radius 3 is 2.41 bits per heavy atom. The van der Waals surface area contributed by atoms with Crippen LogP contribution in [0, 0.1) is 12.3 Å². The minimum Gasteiger partial charge on any atom is -0.321 e. The first-order valence-electron chi connectivity index (χ1n) is 10.4. The van der Waals surface area contributed by atoms with E-state index in [1.165, 1.54) is 6.21 Å². The summed E-state index contributed by atoms with van der Waals surface area (Å²) in [5.74, 6) is 0. The van der Waals surface area contributed by atoms with E-state index in [9.17, 15) is 0 Å². The lowest BCUT2D eigenvalue weighted by atomic mass is 9.97. The highest BCUT2D eigenvalue weighted by atomic mass is 32.1. The van der Waals surface area contributed by atoms with Crippen molar-refractivity contribution in [1.82, 2.24) is 5.43 Å². The van der Waals surface area contributed by atoms with Crippen LogP contribution in [-0.4, -0.2) is 11.1 Å². The number of thiol groups is 3. The van der Waals surface area contributed by atoms with Crippen molar-refractivity contribution < 1.29 is 0 Å². The molecule has 0 amide bonds. The van der Waals surface area contributed by atoms with Gasteiger partial charge in [0.15, 0.2) is 0 Å². The molecule has 0 atom stereocenters. The number of nitrogens with one attached hydrogen (secondary N) is 3. The van der Waals surface area contributed by atoms with Gasteiger partial charge in [0, 0.05) is 38.7 Å². The summed E-state index contributed by atoms with van der Waals surface area (Å²) in [5.41, 5.74) is 12.2. The van der Waals surface area contributed by atoms with Crippen LogP contribution >= 0.6 is 50.1 Å². The van der Waals surface area contributed by atoms with Gasteiger partial charge in [0.25, 0.3) is 0 Å². The maximum atomic E-state index is 7.52. The average molecular weight is 524 g/mol. The maximum absolute atomic E-state index is 7.52. The largest absolute Gasteiger partial charge is 0.321 e. The molecule has 9 heteroatoms. The van der Waals surface area contributed by atoms with Gasteiger partial charge in [-0.25, -0.2) is 5.43 Å². The molecule has 3 aromatic rings. The quantitative estimate of drug-likeness (QED) is 0.0433. The Morgan fingerprint density at radius 2 is 1.76 bits per heavy atom. The third-order valence-electron chi connectivity index (χ3n) is 5.00. The summed E-state index contributed by atoms with van der Waals surface area (Å²) >= 11 is 18.8. The fourth-order valence-electron chi connectivity index (χ4n) is 3.25. The second kappa shape index (κ2) is 12.3. The molecule has 0 radical (unpaired) electrons. The van der Waals surface area contributed by atoms with E-state index in [0.29, 0.717) is 32.6 Å². The molecule has 0 aromatic heterocycles. The molecule has 0 heterocycles. The van der Waals surface area contributed by atoms with Gasteiger partial charge in [-0.3, -0.25) is 0 Å². The second-order valence-corrected chi connectivity index (χ2v) is 9.31. The number of anilines is 1. The number of hydrogen-bond acceptors (Lipinski definition) is 9. The van der Waals surface area contributed by atoms with Gasteiger partial charge in [-0.1, -0.05) is 36.5 Å². The van der Waals surface area contributed by atoms with Gasteiger partial charge in [0.2, 0.25) is 0 Å². The predicted octanol–water partition coefficient (Wildman–Crippen LogP) is 7.79. The lowest BCUT2D eigenvalue weighted by Crippen LogP contribution is -2.20. The molecule has 3 N–H and O–H groups in total. The third kappa shape index (κ3) is 6.58. The van der Waals surface area contributed by atoms with Gasteiger partial charge < -0.3 is 10.8 Å². The number of thiocarbonyl (C=S) groups is 1. The highest BCUT2D eigenvalue weighted by Crippen LogP contribution is 2.36. The first-order valence-corrected chi connectivity index (χ1v) is 12.1. The summed E-state index contributed by atoms with van der Waals surface area (Å²) in [4.78, 5) is 2.71. The number of hydrazine groups is 1. The van der Waals surface area contributed by atoms with Crippen LogP contribution in [0.2, 0.25) is 0 Å². The molecule has 0 saturated carbocycles. The minimum absolute atomic E-state index is 0.447. The van der Waals surface area contributed by atoms with Gasteiger partial charge >= 0.3 is 0 Å². The van der Waals surface area contributed by atoms with Gasteiger partial charge in [-0.15, -0.1) is 48.1 Å². The summed E-state index contributed by atoms with van der Waals surface area (Å²) < 4.78 is 0. The van der Waals surface area contributed by atoms with Crippen molar-refractivity contribution >= 4 is 84.3 Å². The summed E-state index contributed by atoms with van der Waals surface area (Å²) in [7, 11) is 0. The maximum Gasteiger partial charge on any atom is 0.103 e. The van der Waals surface area contributed by atoms with Gasteiger partial charge in [0.1, 0.15) is 5.69 Å². The van der Waals surface area contributed by atoms with E-state index in [1.807, 2.05) is 74.5 Å². The zero-order chi connectivity index (χ0) is 24.7. The van der Waals surface area contributed by atoms with E-state index < -0.39 is 0 Å². The monoisotopic (exact) mass is 523 g/mol. The van der Waals surface area contributed by atoms with Gasteiger partial charge in [-0.2, -0.15) is 0 Å². The van der Waals surface area contributed by atoms with Gasteiger partial charge in [0.05, 0.1) is 10.6 Å². The van der Waals surface area contributed by atoms with Gasteiger partial charge in [-0.05, 0) is 66.9 Å². The van der Waals surface area contributed by atoms with E-state index in [2.05, 4.69) is 59.0 Å². The normalized spacial score (nSPS) is 11.3. The number of allylic oxidation sites excluding steroid dienone is 1. The Morgan fingerprint density at radius 1 is 1.03 bits per heavy atom. The van der Waals surface area contributed by atoms with Crippen LogP contribution in [0.1, 0.15) is 29.2 Å². The van der Waals surface area contributed by atoms with Crippen molar-refractivity contribution in [1.29, 1.82) is 5.41 Å². The van der Waals surface area contributed by atoms with E-state index in [4.69, 9.17) is 17.6 Å². The Kier molecular flexibility index (Phi) is 9.49. The van der Waals surface area contributed by atoms with Crippen LogP contribution < -0.4 is 10.9 Å². The standard InChI is InChI=1S/C25H25N5S4/c1-3-4-19-15(2)25(23(33)12-20(19)24(34)13-26)30-29-21-10-7-17(11-22(21)32)28-27-14-16-5-8-18(31)9-6-16/h3-13,26-28,31-33H,14H2,1-2H3/b4-3-,26-13?,30-29?. The van der Waals surface area contributed by atoms with Crippen LogP contribution in [0.5, 0.6) is 0 Å². The Labute approximate surface area is 221 Å². The van der Waals surface area contributed by atoms with Crippen LogP contribution in [0.4, 0.5) is 17.1 Å². The topological polar surface area (TPSA) is 72.6 Å². The first kappa shape index (κ1) is 26.2. The smallest absolute Gasteiger partial charge is 0.103 e. The minimum atomic E-state index is 0.447. The molecule has 174 valence electrons. The van der Waals surface area contributed by atoms with E-state index in [-0.39, 0.29) is 0 Å². The summed E-state index contributed by atoms with van der Waals surface area (Å²) in [6.45, 7) is 4.54. The lowest BCUT2D eigenvalue weighted by Gasteiger charge is -2.13. The molecule has 0 aliphatic rings. The molecule has 3 rings (SSSR count). The number of nitrogens with zero attached hydrogens (tertiary/aromatic N) is 2. The van der Waals surface area contributed by atoms with E-state index in [1.54, 1.807) is 0 Å². The number of azo groups is 1. The number of rotatable bonds is 9. The molecule has 0 aliphatic carbocycles. The zero-order valence-electron chi connectivity index (χ0n) is 18.7. The van der Waals surface area contributed by atoms with Crippen molar-refractivity contribution in [2.24, 2.45) is 10.2 Å². The molecule has 0 spiro atoms. The lowest BCUT2D eigenvalue weighted by molar-refractivity contribution is 0.800. The molecular weight excluding hydrogens is 499 g/mol. The van der Waals surface area contributed by atoms with Crippen molar-refractivity contribution in [2.75, 3.05) is 5.43 Å². The fourth-order valence-corrected chi connectivity index (χ4v) is 4.16. The summed E-state index contributed by atoms with van der Waals surface area (Å²) in [6.07, 6.45) is 5.05. The fraction of sp³-hybridized carbons (Fsp3) is 0.120. The van der Waals surface area contributed by atoms with Crippen LogP contribution in [-0.2, 0) is 6.54 Å². The SMILES string of the molecule is C/C=C\c1c(C(=S)C=N)cc(S)c(N=Nc2ccc(NNCc3ccc(S)cc3)cc2S)c1C. The first-order chi connectivity index (χ1) is 16.3. The Balaban J connectivity index is 1.77. The Bertz CT molecular complexity index is 1270. The molecular formula is C25H25N5S4. The molecule has 3 aromatic carbocycles. The van der Waals surface area contributed by atoms with Crippen molar-refractivity contribution in [3.8, 4) is 0 Å². The second-order valence-electron chi connectivity index (χ2n) is 7.39. The summed E-state index contributed by atoms with van der Waals surface area (Å²) in [6, 6.07) is 15.4. The molecule has 5 nitrogen and oxygen atoms in total. The summed E-state index contributed by atoms with van der Waals surface area (Å²) in [5, 5.41) is 16.4. The molecule has 0 aliphatic heterocycles. The highest BCUT2D eigenvalue weighted by Gasteiger charge is 2.14. The van der Waals surface area contributed by atoms with Crippen LogP contribution in [0.15, 0.2) is 79.5 Å². The molecule has 0 unspecified atom stereocenters. The molecule has 0 bridgehead atoms. The van der Waals surface area contributed by atoms with E-state index >= 15 is 0 Å². The van der Waals surface area contributed by atoms with Crippen LogP contribution in [0.25, 0.3) is 6.08 Å². The predicted molar refractivity (Wildman–Crippen MR) is 156 cm³/mol. The average Bonchev–Trinajstić information content (AvgIpc) is 2.82. The van der Waals surface area contributed by atoms with Crippen molar-refractivity contribution in [3.63, 3.8) is 0 Å². The molecule has 0 saturated heterocycles. The van der Waals surface area contributed by atoms with Crippen LogP contribution in [0.3, 0.4) is 0 Å². The van der Waals surface area contributed by atoms with Crippen molar-refractivity contribution in [2.45, 2.75) is 35.1 Å².